The fourth-order valence-electron chi connectivity index (χ4n) is 2.86. The Morgan fingerprint density at radius 2 is 1.88 bits per heavy atom. The second-order valence-corrected chi connectivity index (χ2v) is 6.09. The number of hydrogen-bond donors (Lipinski definition) is 1. The number of anilines is 1. The van der Waals surface area contributed by atoms with Crippen molar-refractivity contribution >= 4 is 17.5 Å². The molecule has 1 N–H and O–H groups in total. The largest absolute Gasteiger partial charge is 0.459 e. The molecule has 1 saturated heterocycles. The molecule has 1 aromatic carbocycles. The molecule has 0 saturated carbocycles. The molecule has 2 aromatic rings. The average molecular weight is 363 g/mol. The second-order valence-electron chi connectivity index (χ2n) is 6.09. The summed E-state index contributed by atoms with van der Waals surface area (Å²) in [6.07, 6.45) is 1.45. The van der Waals surface area contributed by atoms with E-state index in [-0.39, 0.29) is 23.3 Å². The van der Waals surface area contributed by atoms with Crippen molar-refractivity contribution in [3.05, 3.63) is 54.0 Å². The Bertz CT molecular complexity index is 787. The van der Waals surface area contributed by atoms with Crippen LogP contribution in [-0.4, -0.2) is 53.8 Å². The Morgan fingerprint density at radius 1 is 1.15 bits per heavy atom. The smallest absolute Gasteiger partial charge is 0.289 e. The van der Waals surface area contributed by atoms with Gasteiger partial charge in [0.15, 0.2) is 5.76 Å². The van der Waals surface area contributed by atoms with Gasteiger partial charge in [0.25, 0.3) is 5.91 Å². The summed E-state index contributed by atoms with van der Waals surface area (Å²) in [6.45, 7) is 3.64. The van der Waals surface area contributed by atoms with Gasteiger partial charge in [0.2, 0.25) is 5.91 Å². The molecule has 0 bridgehead atoms. The van der Waals surface area contributed by atoms with Gasteiger partial charge in [-0.25, -0.2) is 8.78 Å². The van der Waals surface area contributed by atoms with Crippen molar-refractivity contribution in [2.24, 2.45) is 0 Å². The highest BCUT2D eigenvalue weighted by molar-refractivity contribution is 5.94. The Morgan fingerprint density at radius 3 is 2.50 bits per heavy atom. The average Bonchev–Trinajstić information content (AvgIpc) is 3.17. The second kappa shape index (κ2) is 7.65. The summed E-state index contributed by atoms with van der Waals surface area (Å²) in [5.74, 6) is -1.80. The molecule has 1 aromatic heterocycles. The molecule has 0 aliphatic carbocycles. The minimum Gasteiger partial charge on any atom is -0.459 e. The van der Waals surface area contributed by atoms with E-state index in [1.807, 2.05) is 4.90 Å². The van der Waals surface area contributed by atoms with Crippen LogP contribution in [0.1, 0.15) is 17.5 Å². The zero-order valence-electron chi connectivity index (χ0n) is 14.2. The Balaban J connectivity index is 1.55. The van der Waals surface area contributed by atoms with Crippen molar-refractivity contribution in [2.75, 3.05) is 31.5 Å². The highest BCUT2D eigenvalue weighted by atomic mass is 19.1. The number of hydrogen-bond acceptors (Lipinski definition) is 4. The first-order valence-electron chi connectivity index (χ1n) is 8.28. The molecule has 138 valence electrons. The molecule has 1 aliphatic rings. The molecule has 0 spiro atoms. The summed E-state index contributed by atoms with van der Waals surface area (Å²) in [4.78, 5) is 28.2. The van der Waals surface area contributed by atoms with Gasteiger partial charge < -0.3 is 14.6 Å². The van der Waals surface area contributed by atoms with Crippen LogP contribution in [0.15, 0.2) is 41.0 Å². The molecular formula is C18H19F2N3O3. The van der Waals surface area contributed by atoms with E-state index in [0.717, 1.165) is 12.1 Å². The third-order valence-electron chi connectivity index (χ3n) is 4.45. The summed E-state index contributed by atoms with van der Waals surface area (Å²) >= 11 is 0. The van der Waals surface area contributed by atoms with Crippen molar-refractivity contribution < 1.29 is 22.8 Å². The number of nitrogens with one attached hydrogen (secondary N) is 1. The van der Waals surface area contributed by atoms with Gasteiger partial charge in [-0.15, -0.1) is 0 Å². The number of piperazine rings is 1. The fraction of sp³-hybridized carbons (Fsp3) is 0.333. The lowest BCUT2D eigenvalue weighted by Crippen LogP contribution is -2.54. The van der Waals surface area contributed by atoms with Gasteiger partial charge in [0, 0.05) is 32.2 Å². The maximum absolute atomic E-state index is 13.7. The number of rotatable bonds is 4. The number of halogens is 2. The van der Waals surface area contributed by atoms with Crippen LogP contribution < -0.4 is 5.32 Å². The summed E-state index contributed by atoms with van der Waals surface area (Å²) in [7, 11) is 0. The molecular weight excluding hydrogens is 344 g/mol. The molecule has 1 atom stereocenters. The van der Waals surface area contributed by atoms with Crippen LogP contribution in [0.4, 0.5) is 14.5 Å². The van der Waals surface area contributed by atoms with Crippen molar-refractivity contribution in [1.82, 2.24) is 9.80 Å². The highest BCUT2D eigenvalue weighted by Crippen LogP contribution is 2.17. The first-order chi connectivity index (χ1) is 12.5. The van der Waals surface area contributed by atoms with E-state index in [9.17, 15) is 18.4 Å². The lowest BCUT2D eigenvalue weighted by atomic mass is 10.2. The van der Waals surface area contributed by atoms with Gasteiger partial charge in [-0.1, -0.05) is 0 Å². The van der Waals surface area contributed by atoms with Crippen LogP contribution in [0, 0.1) is 11.6 Å². The van der Waals surface area contributed by atoms with Crippen LogP contribution >= 0.6 is 0 Å². The highest BCUT2D eigenvalue weighted by Gasteiger charge is 2.29. The molecule has 8 heteroatoms. The van der Waals surface area contributed by atoms with E-state index >= 15 is 0 Å². The van der Waals surface area contributed by atoms with E-state index in [4.69, 9.17) is 4.42 Å². The van der Waals surface area contributed by atoms with Crippen LogP contribution in [0.25, 0.3) is 0 Å². The Labute approximate surface area is 149 Å². The number of carbonyl (C=O) groups is 2. The number of nitrogens with zero attached hydrogens (tertiary/aromatic N) is 2. The first-order valence-corrected chi connectivity index (χ1v) is 8.28. The monoisotopic (exact) mass is 363 g/mol. The lowest BCUT2D eigenvalue weighted by molar-refractivity contribution is -0.121. The van der Waals surface area contributed by atoms with E-state index in [0.29, 0.717) is 26.2 Å². The number of furan rings is 1. The molecule has 6 nitrogen and oxygen atoms in total. The Kier molecular flexibility index (Phi) is 5.32. The summed E-state index contributed by atoms with van der Waals surface area (Å²) in [6, 6.07) is 5.75. The molecule has 1 aliphatic heterocycles. The number of benzene rings is 1. The first kappa shape index (κ1) is 18.1. The van der Waals surface area contributed by atoms with Crippen LogP contribution in [0.3, 0.4) is 0 Å². The van der Waals surface area contributed by atoms with Crippen molar-refractivity contribution in [1.29, 1.82) is 0 Å². The van der Waals surface area contributed by atoms with Crippen molar-refractivity contribution in [3.63, 3.8) is 0 Å². The van der Waals surface area contributed by atoms with Crippen LogP contribution in [0.5, 0.6) is 0 Å². The molecule has 26 heavy (non-hydrogen) atoms. The van der Waals surface area contributed by atoms with Crippen molar-refractivity contribution in [3.8, 4) is 0 Å². The predicted octanol–water partition coefficient (Wildman–Crippen LogP) is 2.34. The van der Waals surface area contributed by atoms with Gasteiger partial charge in [-0.2, -0.15) is 0 Å². The van der Waals surface area contributed by atoms with Crippen LogP contribution in [-0.2, 0) is 4.79 Å². The zero-order valence-corrected chi connectivity index (χ0v) is 14.2. The molecule has 3 rings (SSSR count). The molecule has 2 amide bonds. The van der Waals surface area contributed by atoms with Gasteiger partial charge in [0.05, 0.1) is 18.0 Å². The molecule has 0 radical (unpaired) electrons. The van der Waals surface area contributed by atoms with Gasteiger partial charge >= 0.3 is 0 Å². The lowest BCUT2D eigenvalue weighted by Gasteiger charge is -2.37. The van der Waals surface area contributed by atoms with Crippen LogP contribution in [0.2, 0.25) is 0 Å². The summed E-state index contributed by atoms with van der Waals surface area (Å²) < 4.78 is 31.7. The summed E-state index contributed by atoms with van der Waals surface area (Å²) in [5, 5.41) is 2.47. The maximum Gasteiger partial charge on any atom is 0.289 e. The minimum atomic E-state index is -0.820. The Hall–Kier alpha value is -2.74. The quantitative estimate of drug-likeness (QED) is 0.906. The third kappa shape index (κ3) is 3.91. The van der Waals surface area contributed by atoms with Gasteiger partial charge in [-0.05, 0) is 31.2 Å². The minimum absolute atomic E-state index is 0.0603. The molecule has 1 unspecified atom stereocenters. The molecule has 1 fully saturated rings. The normalized spacial score (nSPS) is 16.3. The predicted molar refractivity (Wildman–Crippen MR) is 90.6 cm³/mol. The maximum atomic E-state index is 13.7. The number of carbonyl (C=O) groups excluding carboxylic acids is 2. The van der Waals surface area contributed by atoms with Gasteiger partial charge in [0.1, 0.15) is 11.6 Å². The topological polar surface area (TPSA) is 65.8 Å². The van der Waals surface area contributed by atoms with E-state index in [1.165, 1.54) is 12.3 Å². The third-order valence-corrected chi connectivity index (χ3v) is 4.45. The van der Waals surface area contributed by atoms with E-state index in [1.54, 1.807) is 24.0 Å². The van der Waals surface area contributed by atoms with Crippen molar-refractivity contribution in [2.45, 2.75) is 13.0 Å². The van der Waals surface area contributed by atoms with Gasteiger partial charge in [-0.3, -0.25) is 14.5 Å². The van der Waals surface area contributed by atoms with E-state index in [2.05, 4.69) is 5.32 Å². The number of amides is 2. The standard InChI is InChI=1S/C18H19F2N3O3/c1-12(17(24)21-15-5-4-13(19)11-14(15)20)22-6-8-23(9-7-22)18(25)16-3-2-10-26-16/h2-5,10-12H,6-9H2,1H3,(H,21,24). The summed E-state index contributed by atoms with van der Waals surface area (Å²) in [5.41, 5.74) is -0.0603. The zero-order chi connectivity index (χ0) is 18.7. The molecule has 2 heterocycles. The van der Waals surface area contributed by atoms with E-state index < -0.39 is 17.7 Å². The fourth-order valence-corrected chi connectivity index (χ4v) is 2.86. The SMILES string of the molecule is CC(C(=O)Nc1ccc(F)cc1F)N1CCN(C(=O)c2ccco2)CC1.